The molecular formula is C28H28Cl2N2O4S. The van der Waals surface area contributed by atoms with E-state index in [0.29, 0.717) is 43.1 Å². The Morgan fingerprint density at radius 1 is 1.11 bits per heavy atom. The number of sulfone groups is 1. The minimum atomic E-state index is -3.31. The van der Waals surface area contributed by atoms with Gasteiger partial charge < -0.3 is 14.8 Å². The molecule has 0 bridgehead atoms. The largest absolute Gasteiger partial charge is 0.490 e. The van der Waals surface area contributed by atoms with Crippen molar-refractivity contribution in [3.05, 3.63) is 76.0 Å². The highest BCUT2D eigenvalue weighted by Gasteiger charge is 2.29. The third-order valence-electron chi connectivity index (χ3n) is 6.51. The minimum Gasteiger partial charge on any atom is -0.490 e. The number of nitrogens with one attached hydrogen (secondary N) is 1. The fourth-order valence-corrected chi connectivity index (χ4v) is 6.89. The lowest BCUT2D eigenvalue weighted by atomic mass is 9.99. The molecule has 194 valence electrons. The summed E-state index contributed by atoms with van der Waals surface area (Å²) in [5.74, 6) is 1.14. The molecule has 0 unspecified atom stereocenters. The molecule has 6 nitrogen and oxygen atoms in total. The predicted octanol–water partition coefficient (Wildman–Crippen LogP) is 6.63. The lowest BCUT2D eigenvalue weighted by molar-refractivity contribution is 0.243. The zero-order valence-corrected chi connectivity index (χ0v) is 22.9. The first-order valence-electron chi connectivity index (χ1n) is 12.2. The molecule has 0 amide bonds. The molecule has 0 spiro atoms. The van der Waals surface area contributed by atoms with Crippen LogP contribution in [0.25, 0.3) is 22.2 Å². The molecule has 9 heteroatoms. The van der Waals surface area contributed by atoms with E-state index in [2.05, 4.69) is 4.98 Å². The van der Waals surface area contributed by atoms with Crippen molar-refractivity contribution in [2.45, 2.75) is 43.6 Å². The van der Waals surface area contributed by atoms with Crippen molar-refractivity contribution < 1.29 is 18.3 Å². The van der Waals surface area contributed by atoms with Gasteiger partial charge in [-0.3, -0.25) is 0 Å². The molecule has 0 saturated heterocycles. The van der Waals surface area contributed by atoms with Crippen LogP contribution in [0.1, 0.15) is 44.0 Å². The van der Waals surface area contributed by atoms with Crippen LogP contribution in [0.2, 0.25) is 10.0 Å². The topological polar surface area (TPSA) is 92.3 Å². The molecule has 1 aromatic heterocycles. The second-order valence-corrected chi connectivity index (χ2v) is 12.6. The smallest absolute Gasteiger partial charge is 0.178 e. The number of H-pyrrole nitrogens is 1. The number of fused-ring (bicyclic) bond motifs is 1. The van der Waals surface area contributed by atoms with Crippen molar-refractivity contribution in [3.8, 4) is 16.9 Å². The summed E-state index contributed by atoms with van der Waals surface area (Å²) in [5, 5.41) is 11.1. The van der Waals surface area contributed by atoms with Gasteiger partial charge in [-0.15, -0.1) is 0 Å². The van der Waals surface area contributed by atoms with Crippen molar-refractivity contribution in [2.75, 3.05) is 12.4 Å². The highest BCUT2D eigenvalue weighted by Crippen LogP contribution is 2.43. The van der Waals surface area contributed by atoms with Crippen LogP contribution < -0.4 is 4.74 Å². The number of imidazole rings is 1. The quantitative estimate of drug-likeness (QED) is 0.240. The highest BCUT2D eigenvalue weighted by atomic mass is 35.5. The van der Waals surface area contributed by atoms with Crippen molar-refractivity contribution in [1.29, 1.82) is 0 Å². The van der Waals surface area contributed by atoms with E-state index < -0.39 is 15.8 Å². The van der Waals surface area contributed by atoms with E-state index in [4.69, 9.17) is 32.9 Å². The van der Waals surface area contributed by atoms with E-state index in [1.807, 2.05) is 38.1 Å². The van der Waals surface area contributed by atoms with Crippen molar-refractivity contribution >= 4 is 44.1 Å². The van der Waals surface area contributed by atoms with E-state index in [-0.39, 0.29) is 24.4 Å². The van der Waals surface area contributed by atoms with E-state index in [9.17, 15) is 13.5 Å². The predicted molar refractivity (Wildman–Crippen MR) is 147 cm³/mol. The van der Waals surface area contributed by atoms with Gasteiger partial charge in [0.2, 0.25) is 0 Å². The van der Waals surface area contributed by atoms with Crippen molar-refractivity contribution in [1.82, 2.24) is 9.97 Å². The summed E-state index contributed by atoms with van der Waals surface area (Å²) in [4.78, 5) is 8.27. The van der Waals surface area contributed by atoms with Gasteiger partial charge in [0.05, 0.1) is 44.8 Å². The maximum atomic E-state index is 12.6. The normalized spacial score (nSPS) is 14.9. The number of aromatic nitrogens is 2. The van der Waals surface area contributed by atoms with Crippen molar-refractivity contribution in [3.63, 3.8) is 0 Å². The molecule has 2 N–H and O–H groups in total. The average Bonchev–Trinajstić information content (AvgIpc) is 3.56. The van der Waals surface area contributed by atoms with Gasteiger partial charge in [0, 0.05) is 11.1 Å². The second-order valence-electron chi connectivity index (χ2n) is 9.76. The fourth-order valence-electron chi connectivity index (χ4n) is 4.49. The molecule has 1 atom stereocenters. The maximum Gasteiger partial charge on any atom is 0.178 e. The van der Waals surface area contributed by atoms with E-state index in [0.717, 1.165) is 24.0 Å². The summed E-state index contributed by atoms with van der Waals surface area (Å²) in [6, 6.07) is 16.0. The Bertz CT molecular complexity index is 1540. The van der Waals surface area contributed by atoms with Gasteiger partial charge in [0.25, 0.3) is 0 Å². The first kappa shape index (κ1) is 26.0. The molecule has 1 aliphatic carbocycles. The van der Waals surface area contributed by atoms with Crippen LogP contribution in [0.5, 0.6) is 5.75 Å². The van der Waals surface area contributed by atoms with Gasteiger partial charge >= 0.3 is 0 Å². The number of ether oxygens (including phenoxy) is 1. The van der Waals surface area contributed by atoms with E-state index in [1.165, 1.54) is 0 Å². The Kier molecular flexibility index (Phi) is 7.24. The molecule has 1 fully saturated rings. The van der Waals surface area contributed by atoms with Gasteiger partial charge in [0.1, 0.15) is 17.1 Å². The summed E-state index contributed by atoms with van der Waals surface area (Å²) >= 11 is 13.6. The number of aliphatic hydroxyl groups is 1. The van der Waals surface area contributed by atoms with Gasteiger partial charge in [0.15, 0.2) is 9.84 Å². The summed E-state index contributed by atoms with van der Waals surface area (Å²) in [7, 11) is -3.31. The number of hydrogen-bond donors (Lipinski definition) is 2. The molecule has 1 aliphatic rings. The minimum absolute atomic E-state index is 0.0280. The van der Waals surface area contributed by atoms with Crippen LogP contribution in [0.15, 0.2) is 59.5 Å². The molecule has 1 heterocycles. The van der Waals surface area contributed by atoms with E-state index >= 15 is 0 Å². The highest BCUT2D eigenvalue weighted by molar-refractivity contribution is 7.91. The zero-order chi connectivity index (χ0) is 26.3. The Morgan fingerprint density at radius 2 is 1.81 bits per heavy atom. The van der Waals surface area contributed by atoms with Crippen LogP contribution >= 0.6 is 23.2 Å². The SMILES string of the molecule is CC(C)Oc1ccccc1-c1c(Cl)cc2[nH]c([C@@H](CO)c3ccc(S(=O)(=O)CC4CC4)cc3)nc2c1Cl. The maximum absolute atomic E-state index is 12.6. The molecule has 5 rings (SSSR count). The lowest BCUT2D eigenvalue weighted by Crippen LogP contribution is -2.10. The molecule has 0 radical (unpaired) electrons. The lowest BCUT2D eigenvalue weighted by Gasteiger charge is -2.16. The molecular weight excluding hydrogens is 531 g/mol. The first-order chi connectivity index (χ1) is 17.7. The first-order valence-corrected chi connectivity index (χ1v) is 14.7. The Labute approximate surface area is 226 Å². The van der Waals surface area contributed by atoms with Gasteiger partial charge in [-0.25, -0.2) is 13.4 Å². The molecule has 0 aliphatic heterocycles. The van der Waals surface area contributed by atoms with Crippen LogP contribution in [-0.2, 0) is 9.84 Å². The molecule has 4 aromatic rings. The summed E-state index contributed by atoms with van der Waals surface area (Å²) < 4.78 is 31.2. The number of halogens is 2. The Hall–Kier alpha value is -2.58. The van der Waals surface area contributed by atoms with Gasteiger partial charge in [-0.2, -0.15) is 0 Å². The third-order valence-corrected chi connectivity index (χ3v) is 9.08. The Balaban J connectivity index is 1.51. The number of rotatable bonds is 9. The number of aromatic amines is 1. The Morgan fingerprint density at radius 3 is 2.46 bits per heavy atom. The molecule has 1 saturated carbocycles. The van der Waals surface area contributed by atoms with E-state index in [1.54, 1.807) is 30.3 Å². The zero-order valence-electron chi connectivity index (χ0n) is 20.5. The molecule has 3 aromatic carbocycles. The average molecular weight is 560 g/mol. The molecule has 37 heavy (non-hydrogen) atoms. The number of aliphatic hydroxyl groups excluding tert-OH is 1. The number of hydrogen-bond acceptors (Lipinski definition) is 5. The standard InChI is InChI=1S/C28H28Cl2N2O4S/c1-16(2)36-24-6-4-3-5-20(24)25-22(29)13-23-27(26(25)30)32-28(31-23)21(14-33)18-9-11-19(12-10-18)37(34,35)15-17-7-8-17/h3-6,9-13,16-17,21,33H,7-8,14-15H2,1-2H3,(H,31,32)/t21-/m0/s1. The third kappa shape index (κ3) is 5.36. The number of nitrogens with zero attached hydrogens (tertiary/aromatic N) is 1. The van der Waals surface area contributed by atoms with Crippen LogP contribution in [0.3, 0.4) is 0 Å². The summed E-state index contributed by atoms with van der Waals surface area (Å²) in [6.45, 7) is 3.68. The van der Waals surface area contributed by atoms with Gasteiger partial charge in [-0.05, 0) is 62.4 Å². The van der Waals surface area contributed by atoms with Crippen molar-refractivity contribution in [2.24, 2.45) is 5.92 Å². The van der Waals surface area contributed by atoms with Crippen LogP contribution in [0.4, 0.5) is 0 Å². The second kappa shape index (κ2) is 10.3. The fraction of sp³-hybridized carbons (Fsp3) is 0.321. The number of benzene rings is 3. The monoisotopic (exact) mass is 558 g/mol. The van der Waals surface area contributed by atoms with Crippen LogP contribution in [0, 0.1) is 5.92 Å². The van der Waals surface area contributed by atoms with Gasteiger partial charge in [-0.1, -0.05) is 53.5 Å². The summed E-state index contributed by atoms with van der Waals surface area (Å²) in [5.41, 5.74) is 3.29. The number of para-hydroxylation sites is 1. The van der Waals surface area contributed by atoms with Crippen LogP contribution in [-0.4, -0.2) is 42.0 Å². The summed E-state index contributed by atoms with van der Waals surface area (Å²) in [6.07, 6.45) is 1.92.